The lowest BCUT2D eigenvalue weighted by Crippen LogP contribution is -2.06. The molecule has 0 aromatic rings. The summed E-state index contributed by atoms with van der Waals surface area (Å²) >= 11 is 6.26. The maximum absolute atomic E-state index is 5.16. The molecule has 0 fully saturated rings. The summed E-state index contributed by atoms with van der Waals surface area (Å²) in [6.07, 6.45) is 2.89. The van der Waals surface area contributed by atoms with E-state index < -0.39 is 0 Å². The number of nitrogens with zero attached hydrogens (tertiary/aromatic N) is 1. The highest BCUT2D eigenvalue weighted by molar-refractivity contribution is 14.1. The molecule has 0 amide bonds. The zero-order valence-corrected chi connectivity index (χ0v) is 10.4. The second-order valence-electron chi connectivity index (χ2n) is 2.21. The maximum atomic E-state index is 5.16. The number of thiol groups is 1. The van der Waals surface area contributed by atoms with Gasteiger partial charge in [0.1, 0.15) is 5.76 Å². The zero-order valence-electron chi connectivity index (χ0n) is 7.38. The Morgan fingerprint density at radius 3 is 2.67 bits per heavy atom. The molecular formula is C8H14INOS. The molecule has 4 heteroatoms. The lowest BCUT2D eigenvalue weighted by atomic mass is 10.3. The molecule has 0 spiro atoms. The standard InChI is InChI=1S/C8H14INOS/c1-7(10(2)9)8(11-3)5-4-6-12/h5,12H,1,4,6H2,2-3H3/b8-5+. The minimum atomic E-state index is 0.820. The summed E-state index contributed by atoms with van der Waals surface area (Å²) in [6, 6.07) is 0. The third-order valence-electron chi connectivity index (χ3n) is 1.34. The Morgan fingerprint density at radius 2 is 2.33 bits per heavy atom. The summed E-state index contributed by atoms with van der Waals surface area (Å²) in [5.41, 5.74) is 0.875. The molecule has 0 bridgehead atoms. The van der Waals surface area contributed by atoms with Crippen molar-refractivity contribution in [1.29, 1.82) is 0 Å². The van der Waals surface area contributed by atoms with Gasteiger partial charge in [-0.25, -0.2) is 0 Å². The number of halogens is 1. The van der Waals surface area contributed by atoms with Crippen LogP contribution in [0.3, 0.4) is 0 Å². The van der Waals surface area contributed by atoms with Crippen LogP contribution in [0, 0.1) is 0 Å². The first-order chi connectivity index (χ1) is 5.63. The highest BCUT2D eigenvalue weighted by Crippen LogP contribution is 2.16. The Morgan fingerprint density at radius 1 is 1.75 bits per heavy atom. The van der Waals surface area contributed by atoms with Gasteiger partial charge in [-0.15, -0.1) is 0 Å². The SMILES string of the molecule is C=C(/C(=C\CCS)OC)N(C)I. The number of ether oxygens (including phenoxy) is 1. The molecule has 0 aromatic carbocycles. The molecule has 0 aliphatic carbocycles. The van der Waals surface area contributed by atoms with E-state index in [1.54, 1.807) is 7.11 Å². The van der Waals surface area contributed by atoms with E-state index in [2.05, 4.69) is 42.1 Å². The fourth-order valence-electron chi connectivity index (χ4n) is 0.666. The second kappa shape index (κ2) is 6.65. The normalized spacial score (nSPS) is 11.2. The molecule has 70 valence electrons. The van der Waals surface area contributed by atoms with Crippen LogP contribution in [0.5, 0.6) is 0 Å². The molecule has 0 radical (unpaired) electrons. The maximum Gasteiger partial charge on any atom is 0.138 e. The van der Waals surface area contributed by atoms with Crippen molar-refractivity contribution in [2.24, 2.45) is 0 Å². The van der Waals surface area contributed by atoms with Crippen molar-refractivity contribution in [3.63, 3.8) is 0 Å². The minimum absolute atomic E-state index is 0.820. The Bertz CT molecular complexity index is 180. The third-order valence-corrected chi connectivity index (χ3v) is 2.18. The van der Waals surface area contributed by atoms with Crippen molar-refractivity contribution in [3.8, 4) is 0 Å². The van der Waals surface area contributed by atoms with Gasteiger partial charge < -0.3 is 7.85 Å². The van der Waals surface area contributed by atoms with Crippen LogP contribution in [0.4, 0.5) is 0 Å². The van der Waals surface area contributed by atoms with Crippen molar-refractivity contribution in [2.75, 3.05) is 19.9 Å². The molecule has 0 saturated heterocycles. The smallest absolute Gasteiger partial charge is 0.138 e. The van der Waals surface area contributed by atoms with Gasteiger partial charge in [0.05, 0.1) is 35.7 Å². The summed E-state index contributed by atoms with van der Waals surface area (Å²) in [5, 5.41) is 0. The van der Waals surface area contributed by atoms with E-state index in [-0.39, 0.29) is 0 Å². The first-order valence-electron chi connectivity index (χ1n) is 3.57. The number of allylic oxidation sites excluding steroid dienone is 1. The first kappa shape index (κ1) is 12.2. The van der Waals surface area contributed by atoms with Crippen molar-refractivity contribution >= 4 is 35.5 Å². The molecule has 0 rings (SSSR count). The van der Waals surface area contributed by atoms with Crippen LogP contribution in [-0.2, 0) is 4.74 Å². The number of hydrogen-bond donors (Lipinski definition) is 1. The molecule has 0 unspecified atom stereocenters. The lowest BCUT2D eigenvalue weighted by molar-refractivity contribution is 0.290. The molecule has 12 heavy (non-hydrogen) atoms. The largest absolute Gasteiger partial charge is 0.495 e. The first-order valence-corrected chi connectivity index (χ1v) is 5.17. The van der Waals surface area contributed by atoms with Crippen LogP contribution >= 0.6 is 35.5 Å². The quantitative estimate of drug-likeness (QED) is 0.275. The average molecular weight is 299 g/mol. The molecular weight excluding hydrogens is 285 g/mol. The molecule has 0 aliphatic rings. The second-order valence-corrected chi connectivity index (χ2v) is 4.10. The van der Waals surface area contributed by atoms with E-state index in [1.807, 2.05) is 16.2 Å². The van der Waals surface area contributed by atoms with Gasteiger partial charge in [-0.3, -0.25) is 0 Å². The highest BCUT2D eigenvalue weighted by Gasteiger charge is 2.04. The van der Waals surface area contributed by atoms with E-state index in [1.165, 1.54) is 0 Å². The summed E-state index contributed by atoms with van der Waals surface area (Å²) in [4.78, 5) is 0. The Labute approximate surface area is 93.6 Å². The number of likely N-dealkylation sites (N-methyl/N-ethyl adjacent to an activating group) is 1. The highest BCUT2D eigenvalue weighted by atomic mass is 127. The van der Waals surface area contributed by atoms with Crippen LogP contribution in [0.2, 0.25) is 0 Å². The van der Waals surface area contributed by atoms with Crippen LogP contribution in [0.25, 0.3) is 0 Å². The monoisotopic (exact) mass is 299 g/mol. The Kier molecular flexibility index (Phi) is 6.74. The van der Waals surface area contributed by atoms with Gasteiger partial charge in [0, 0.05) is 7.05 Å². The molecule has 0 atom stereocenters. The molecule has 0 N–H and O–H groups in total. The topological polar surface area (TPSA) is 12.5 Å². The fraction of sp³-hybridized carbons (Fsp3) is 0.500. The Balaban J connectivity index is 4.23. The molecule has 2 nitrogen and oxygen atoms in total. The average Bonchev–Trinajstić information content (AvgIpc) is 2.05. The van der Waals surface area contributed by atoms with Crippen LogP contribution in [0.15, 0.2) is 24.1 Å². The molecule has 0 heterocycles. The summed E-state index contributed by atoms with van der Waals surface area (Å²) in [5.74, 6) is 1.64. The van der Waals surface area contributed by atoms with Crippen molar-refractivity contribution in [3.05, 3.63) is 24.1 Å². The number of hydrogen-bond acceptors (Lipinski definition) is 3. The van der Waals surface area contributed by atoms with Gasteiger partial charge in [-0.2, -0.15) is 12.6 Å². The van der Waals surface area contributed by atoms with E-state index >= 15 is 0 Å². The number of methoxy groups -OCH3 is 1. The van der Waals surface area contributed by atoms with E-state index in [4.69, 9.17) is 4.74 Å². The van der Waals surface area contributed by atoms with E-state index in [9.17, 15) is 0 Å². The predicted octanol–water partition coefficient (Wildman–Crippen LogP) is 2.63. The van der Waals surface area contributed by atoms with Crippen molar-refractivity contribution in [1.82, 2.24) is 3.11 Å². The number of rotatable bonds is 5. The summed E-state index contributed by atoms with van der Waals surface area (Å²) in [6.45, 7) is 3.88. The van der Waals surface area contributed by atoms with Gasteiger partial charge in [0.15, 0.2) is 0 Å². The minimum Gasteiger partial charge on any atom is -0.495 e. The van der Waals surface area contributed by atoms with Crippen molar-refractivity contribution in [2.45, 2.75) is 6.42 Å². The van der Waals surface area contributed by atoms with Gasteiger partial charge in [0.25, 0.3) is 0 Å². The van der Waals surface area contributed by atoms with Gasteiger partial charge >= 0.3 is 0 Å². The summed E-state index contributed by atoms with van der Waals surface area (Å²) < 4.78 is 7.05. The van der Waals surface area contributed by atoms with Crippen LogP contribution < -0.4 is 0 Å². The van der Waals surface area contributed by atoms with Gasteiger partial charge in [-0.05, 0) is 18.2 Å². The molecule has 0 aromatic heterocycles. The third kappa shape index (κ3) is 4.25. The van der Waals surface area contributed by atoms with Gasteiger partial charge in [-0.1, -0.05) is 6.58 Å². The molecule has 0 saturated carbocycles. The summed E-state index contributed by atoms with van der Waals surface area (Å²) in [7, 11) is 3.58. The Hall–Kier alpha value is 0.160. The van der Waals surface area contributed by atoms with E-state index in [0.29, 0.717) is 0 Å². The van der Waals surface area contributed by atoms with E-state index in [0.717, 1.165) is 23.6 Å². The lowest BCUT2D eigenvalue weighted by Gasteiger charge is -2.15. The zero-order chi connectivity index (χ0) is 9.56. The van der Waals surface area contributed by atoms with Crippen LogP contribution in [-0.4, -0.2) is 23.0 Å². The molecule has 0 aliphatic heterocycles. The van der Waals surface area contributed by atoms with Crippen LogP contribution in [0.1, 0.15) is 6.42 Å². The fourth-order valence-corrected chi connectivity index (χ4v) is 1.03. The van der Waals surface area contributed by atoms with Crippen molar-refractivity contribution < 1.29 is 4.74 Å². The predicted molar refractivity (Wildman–Crippen MR) is 64.5 cm³/mol. The van der Waals surface area contributed by atoms with Gasteiger partial charge in [0.2, 0.25) is 0 Å².